The molecule has 1 aromatic heterocycles. The van der Waals surface area contributed by atoms with E-state index in [0.717, 1.165) is 18.9 Å². The molecule has 1 saturated heterocycles. The number of nitrogens with zero attached hydrogens (tertiary/aromatic N) is 3. The van der Waals surface area contributed by atoms with Crippen molar-refractivity contribution in [3.8, 4) is 0 Å². The number of amides is 2. The first-order valence-corrected chi connectivity index (χ1v) is 10.9. The smallest absolute Gasteiger partial charge is 0.341 e. The van der Waals surface area contributed by atoms with Crippen LogP contribution in [0.4, 0.5) is 14.9 Å². The molecule has 2 heterocycles. The maximum absolute atomic E-state index is 15.0. The molecule has 0 radical (unpaired) electrons. The van der Waals surface area contributed by atoms with E-state index in [9.17, 15) is 24.3 Å². The molecule has 2 amide bonds. The second-order valence-corrected chi connectivity index (χ2v) is 8.34. The van der Waals surface area contributed by atoms with Gasteiger partial charge in [0.05, 0.1) is 11.2 Å². The van der Waals surface area contributed by atoms with E-state index in [1.165, 1.54) is 6.20 Å². The number of nitrogens with one attached hydrogen (secondary N) is 1. The molecule has 0 unspecified atom stereocenters. The lowest BCUT2D eigenvalue weighted by Crippen LogP contribution is -2.52. The minimum Gasteiger partial charge on any atom is -0.481 e. The van der Waals surface area contributed by atoms with Gasteiger partial charge >= 0.3 is 18.0 Å². The fourth-order valence-corrected chi connectivity index (χ4v) is 4.11. The van der Waals surface area contributed by atoms with Crippen molar-refractivity contribution in [1.82, 2.24) is 14.8 Å². The highest BCUT2D eigenvalue weighted by Crippen LogP contribution is 2.38. The lowest BCUT2D eigenvalue weighted by Gasteiger charge is -2.36. The number of anilines is 1. The van der Waals surface area contributed by atoms with E-state index in [1.54, 1.807) is 20.4 Å². The average Bonchev–Trinajstić information content (AvgIpc) is 3.62. The van der Waals surface area contributed by atoms with Crippen LogP contribution in [0, 0.1) is 5.82 Å². The predicted octanol–water partition coefficient (Wildman–Crippen LogP) is 1.87. The van der Waals surface area contributed by atoms with E-state index < -0.39 is 23.2 Å². The molecule has 4 rings (SSSR count). The summed E-state index contributed by atoms with van der Waals surface area (Å²) in [6, 6.07) is 2.51. The molecule has 2 aliphatic rings. The van der Waals surface area contributed by atoms with Crippen LogP contribution in [0.15, 0.2) is 23.1 Å². The monoisotopic (exact) mass is 460 g/mol. The largest absolute Gasteiger partial charge is 0.481 e. The number of aromatic nitrogens is 1. The quantitative estimate of drug-likeness (QED) is 0.538. The van der Waals surface area contributed by atoms with Crippen molar-refractivity contribution in [2.45, 2.75) is 31.7 Å². The SMILES string of the molecule is O=C(O)CCCNC(=O)N1CCN(c2cc3c(cc2F)c(=O)c(C(=O)O)cn3C2CC2)CC1. The summed E-state index contributed by atoms with van der Waals surface area (Å²) in [6.07, 6.45) is 3.40. The van der Waals surface area contributed by atoms with E-state index >= 15 is 4.39 Å². The molecule has 0 atom stereocenters. The van der Waals surface area contributed by atoms with Gasteiger partial charge in [-0.25, -0.2) is 14.0 Å². The Morgan fingerprint density at radius 1 is 1.09 bits per heavy atom. The summed E-state index contributed by atoms with van der Waals surface area (Å²) in [5.74, 6) is -2.87. The minimum absolute atomic E-state index is 0.0187. The van der Waals surface area contributed by atoms with Crippen LogP contribution in [0.3, 0.4) is 0 Å². The number of piperazine rings is 1. The number of carbonyl (C=O) groups is 3. The number of urea groups is 1. The Hall–Kier alpha value is -3.63. The molecule has 0 bridgehead atoms. The molecule has 11 heteroatoms. The normalized spacial score (nSPS) is 16.2. The molecule has 1 aromatic carbocycles. The molecular formula is C22H25FN4O6. The standard InChI is InChI=1S/C22H25FN4O6/c23-16-10-14-17(27(13-3-4-13)12-15(20(14)30)21(31)32)11-18(16)25-6-8-26(9-7-25)22(33)24-5-1-2-19(28)29/h10-13H,1-9H2,(H,24,33)(H,28,29)(H,31,32). The zero-order chi connectivity index (χ0) is 23.7. The van der Waals surface area contributed by atoms with E-state index in [2.05, 4.69) is 5.32 Å². The Morgan fingerprint density at radius 3 is 2.39 bits per heavy atom. The van der Waals surface area contributed by atoms with Crippen LogP contribution in [0.25, 0.3) is 10.9 Å². The molecule has 0 spiro atoms. The van der Waals surface area contributed by atoms with Gasteiger partial charge in [-0.15, -0.1) is 0 Å². The highest BCUT2D eigenvalue weighted by molar-refractivity contribution is 5.93. The van der Waals surface area contributed by atoms with Gasteiger partial charge in [-0.05, 0) is 31.4 Å². The fraction of sp³-hybridized carbons (Fsp3) is 0.455. The highest BCUT2D eigenvalue weighted by atomic mass is 19.1. The topological polar surface area (TPSA) is 132 Å². The van der Waals surface area contributed by atoms with Gasteiger partial charge in [-0.1, -0.05) is 0 Å². The molecule has 176 valence electrons. The Bertz CT molecular complexity index is 1170. The minimum atomic E-state index is -1.34. The molecule has 1 saturated carbocycles. The molecule has 3 N–H and O–H groups in total. The Morgan fingerprint density at radius 2 is 1.79 bits per heavy atom. The Labute approximate surface area is 188 Å². The number of hydrogen-bond donors (Lipinski definition) is 3. The number of pyridine rings is 1. The summed E-state index contributed by atoms with van der Waals surface area (Å²) >= 11 is 0. The van der Waals surface area contributed by atoms with Gasteiger partial charge in [0.25, 0.3) is 0 Å². The molecule has 10 nitrogen and oxygen atoms in total. The number of carboxylic acids is 2. The highest BCUT2D eigenvalue weighted by Gasteiger charge is 2.29. The molecule has 2 fully saturated rings. The Kier molecular flexibility index (Phi) is 6.21. The van der Waals surface area contributed by atoms with Crippen molar-refractivity contribution in [3.63, 3.8) is 0 Å². The van der Waals surface area contributed by atoms with Crippen molar-refractivity contribution in [3.05, 3.63) is 39.9 Å². The predicted molar refractivity (Wildman–Crippen MR) is 117 cm³/mol. The molecular weight excluding hydrogens is 435 g/mol. The number of aliphatic carboxylic acids is 1. The first-order valence-electron chi connectivity index (χ1n) is 10.9. The van der Waals surface area contributed by atoms with Gasteiger partial charge in [0, 0.05) is 56.8 Å². The first-order chi connectivity index (χ1) is 15.8. The number of aromatic carboxylic acids is 1. The van der Waals surface area contributed by atoms with Crippen LogP contribution < -0.4 is 15.6 Å². The van der Waals surface area contributed by atoms with Crippen molar-refractivity contribution in [2.24, 2.45) is 0 Å². The fourth-order valence-electron chi connectivity index (χ4n) is 4.11. The molecule has 1 aliphatic heterocycles. The van der Waals surface area contributed by atoms with Gasteiger partial charge in [0.2, 0.25) is 5.43 Å². The van der Waals surface area contributed by atoms with Crippen LogP contribution in [-0.4, -0.2) is 70.4 Å². The second-order valence-electron chi connectivity index (χ2n) is 8.34. The number of benzene rings is 1. The summed E-state index contributed by atoms with van der Waals surface area (Å²) in [5, 5.41) is 20.8. The van der Waals surface area contributed by atoms with Crippen LogP contribution in [0.1, 0.15) is 42.1 Å². The third-order valence-corrected chi connectivity index (χ3v) is 6.02. The Balaban J connectivity index is 1.51. The first kappa shape index (κ1) is 22.6. The summed E-state index contributed by atoms with van der Waals surface area (Å²) in [7, 11) is 0. The third-order valence-electron chi connectivity index (χ3n) is 6.02. The van der Waals surface area contributed by atoms with Crippen LogP contribution in [0.5, 0.6) is 0 Å². The molecule has 2 aromatic rings. The number of halogens is 1. The number of fused-ring (bicyclic) bond motifs is 1. The van der Waals surface area contributed by atoms with Gasteiger partial charge in [0.15, 0.2) is 0 Å². The summed E-state index contributed by atoms with van der Waals surface area (Å²) < 4.78 is 16.8. The van der Waals surface area contributed by atoms with Crippen LogP contribution >= 0.6 is 0 Å². The van der Waals surface area contributed by atoms with Gasteiger partial charge in [0.1, 0.15) is 11.4 Å². The molecule has 1 aliphatic carbocycles. The van der Waals surface area contributed by atoms with E-state index in [4.69, 9.17) is 5.11 Å². The summed E-state index contributed by atoms with van der Waals surface area (Å²) in [5.41, 5.74) is -0.267. The lowest BCUT2D eigenvalue weighted by molar-refractivity contribution is -0.137. The lowest BCUT2D eigenvalue weighted by atomic mass is 10.1. The summed E-state index contributed by atoms with van der Waals surface area (Å²) in [4.78, 5) is 50.3. The van der Waals surface area contributed by atoms with E-state index in [0.29, 0.717) is 43.8 Å². The van der Waals surface area contributed by atoms with E-state index in [-0.39, 0.29) is 36.0 Å². The number of hydrogen-bond acceptors (Lipinski definition) is 5. The van der Waals surface area contributed by atoms with Crippen molar-refractivity contribution in [1.29, 1.82) is 0 Å². The van der Waals surface area contributed by atoms with Gasteiger partial charge in [-0.3, -0.25) is 9.59 Å². The second kappa shape index (κ2) is 9.08. The maximum Gasteiger partial charge on any atom is 0.341 e. The average molecular weight is 460 g/mol. The third kappa shape index (κ3) is 4.76. The number of rotatable bonds is 7. The number of carboxylic acid groups (broad SMARTS) is 2. The van der Waals surface area contributed by atoms with Crippen LogP contribution in [0.2, 0.25) is 0 Å². The van der Waals surface area contributed by atoms with E-state index in [1.807, 2.05) is 0 Å². The van der Waals surface area contributed by atoms with Crippen molar-refractivity contribution < 1.29 is 29.0 Å². The van der Waals surface area contributed by atoms with Gasteiger partial charge in [-0.2, -0.15) is 0 Å². The number of carbonyl (C=O) groups excluding carboxylic acids is 1. The van der Waals surface area contributed by atoms with Gasteiger partial charge < -0.3 is 29.9 Å². The zero-order valence-corrected chi connectivity index (χ0v) is 17.9. The summed E-state index contributed by atoms with van der Waals surface area (Å²) in [6.45, 7) is 1.74. The van der Waals surface area contributed by atoms with Crippen molar-refractivity contribution >= 4 is 34.6 Å². The zero-order valence-electron chi connectivity index (χ0n) is 17.9. The molecule has 33 heavy (non-hydrogen) atoms. The maximum atomic E-state index is 15.0. The van der Waals surface area contributed by atoms with Crippen LogP contribution in [-0.2, 0) is 4.79 Å². The van der Waals surface area contributed by atoms with Crippen molar-refractivity contribution in [2.75, 3.05) is 37.6 Å².